The van der Waals surface area contributed by atoms with Crippen LogP contribution in [0.4, 0.5) is 0 Å². The molecule has 0 heterocycles. The Hall–Kier alpha value is -0.560. The highest BCUT2D eigenvalue weighted by Gasteiger charge is 2.02. The summed E-state index contributed by atoms with van der Waals surface area (Å²) in [6.45, 7) is 4.47. The van der Waals surface area contributed by atoms with Crippen molar-refractivity contribution in [3.63, 3.8) is 0 Å². The molecule has 1 unspecified atom stereocenters. The van der Waals surface area contributed by atoms with Crippen molar-refractivity contribution in [2.24, 2.45) is 0 Å². The third-order valence-corrected chi connectivity index (χ3v) is 3.92. The fourth-order valence-corrected chi connectivity index (χ4v) is 2.41. The fourth-order valence-electron chi connectivity index (χ4n) is 2.41. The maximum absolute atomic E-state index is 9.89. The summed E-state index contributed by atoms with van der Waals surface area (Å²) in [7, 11) is 0. The molecule has 0 aromatic rings. The number of allylic oxidation sites excluding steroid dienone is 4. The van der Waals surface area contributed by atoms with Gasteiger partial charge in [-0.25, -0.2) is 0 Å². The molecule has 1 nitrogen and oxygen atoms in total. The molecule has 1 atom stereocenters. The highest BCUT2D eigenvalue weighted by Crippen LogP contribution is 2.10. The van der Waals surface area contributed by atoms with Gasteiger partial charge >= 0.3 is 0 Å². The third-order valence-electron chi connectivity index (χ3n) is 3.92. The van der Waals surface area contributed by atoms with E-state index in [1.54, 1.807) is 0 Å². The minimum absolute atomic E-state index is 0.211. The number of hydrogen-bond acceptors (Lipinski definition) is 1. The van der Waals surface area contributed by atoms with Crippen molar-refractivity contribution < 1.29 is 5.11 Å². The Morgan fingerprint density at radius 2 is 1.18 bits per heavy atom. The van der Waals surface area contributed by atoms with E-state index in [0.29, 0.717) is 0 Å². The van der Waals surface area contributed by atoms with Crippen LogP contribution in [-0.2, 0) is 0 Å². The molecule has 0 rings (SSSR count). The second-order valence-electron chi connectivity index (χ2n) is 6.25. The predicted molar refractivity (Wildman–Crippen MR) is 100.0 cm³/mol. The van der Waals surface area contributed by atoms with E-state index < -0.39 is 0 Å². The van der Waals surface area contributed by atoms with Crippen LogP contribution >= 0.6 is 0 Å². The fraction of sp³-hybridized carbons (Fsp3) is 0.762. The second kappa shape index (κ2) is 18.5. The molecule has 0 fully saturated rings. The largest absolute Gasteiger partial charge is 0.393 e. The molecule has 0 spiro atoms. The van der Waals surface area contributed by atoms with Gasteiger partial charge in [-0.15, -0.1) is 0 Å². The van der Waals surface area contributed by atoms with Gasteiger partial charge in [0.25, 0.3) is 0 Å². The van der Waals surface area contributed by atoms with E-state index in [4.69, 9.17) is 0 Å². The summed E-state index contributed by atoms with van der Waals surface area (Å²) in [4.78, 5) is 0. The molecule has 0 saturated carbocycles. The average molecular weight is 308 g/mol. The predicted octanol–water partition coefficient (Wildman–Crippen LogP) is 6.78. The zero-order valence-corrected chi connectivity index (χ0v) is 15.1. The van der Waals surface area contributed by atoms with Gasteiger partial charge in [0.2, 0.25) is 0 Å². The summed E-state index contributed by atoms with van der Waals surface area (Å²) in [6, 6.07) is 0. The van der Waals surface area contributed by atoms with E-state index in [-0.39, 0.29) is 6.10 Å². The van der Waals surface area contributed by atoms with Gasteiger partial charge in [0.05, 0.1) is 6.10 Å². The Balaban J connectivity index is 3.28. The summed E-state index contributed by atoms with van der Waals surface area (Å²) in [5.74, 6) is 0. The Kier molecular flexibility index (Phi) is 18.0. The van der Waals surface area contributed by atoms with Gasteiger partial charge in [-0.1, -0.05) is 63.8 Å². The van der Waals surface area contributed by atoms with Gasteiger partial charge < -0.3 is 5.11 Å². The monoisotopic (exact) mass is 307 g/mol. The lowest BCUT2D eigenvalue weighted by Crippen LogP contribution is -2.06. The maximum Gasteiger partial charge on any atom is 0.0572 e. The van der Waals surface area contributed by atoms with Crippen molar-refractivity contribution in [1.29, 1.82) is 0 Å². The summed E-state index contributed by atoms with van der Waals surface area (Å²) in [6.07, 6.45) is 26.5. The molecule has 0 aliphatic heterocycles. The SMILES string of the molecule is CCCC/C=C\CCCC(O)[CH]CCC/C=C\CCCCC. The van der Waals surface area contributed by atoms with Crippen LogP contribution in [0.15, 0.2) is 24.3 Å². The molecule has 0 aliphatic carbocycles. The van der Waals surface area contributed by atoms with Crippen LogP contribution in [0.25, 0.3) is 0 Å². The standard InChI is InChI=1S/C21H39O/c1-3-5-7-9-11-12-14-16-18-20-21(22)19-17-15-13-10-8-6-4-2/h10-13,20-22H,3-9,14-19H2,1-2H3/b12-11-,13-10-. The van der Waals surface area contributed by atoms with E-state index in [9.17, 15) is 5.11 Å². The quantitative estimate of drug-likeness (QED) is 0.246. The summed E-state index contributed by atoms with van der Waals surface area (Å²) in [5.41, 5.74) is 0. The molecule has 0 aromatic heterocycles. The van der Waals surface area contributed by atoms with Crippen molar-refractivity contribution in [3.8, 4) is 0 Å². The van der Waals surface area contributed by atoms with Crippen molar-refractivity contribution >= 4 is 0 Å². The van der Waals surface area contributed by atoms with Gasteiger partial charge in [0, 0.05) is 0 Å². The van der Waals surface area contributed by atoms with Crippen molar-refractivity contribution in [1.82, 2.24) is 0 Å². The van der Waals surface area contributed by atoms with Crippen LogP contribution < -0.4 is 0 Å². The first-order valence-electron chi connectivity index (χ1n) is 9.62. The minimum Gasteiger partial charge on any atom is -0.393 e. The lowest BCUT2D eigenvalue weighted by Gasteiger charge is -2.08. The lowest BCUT2D eigenvalue weighted by atomic mass is 10.0. The molecule has 0 saturated heterocycles. The average Bonchev–Trinajstić information content (AvgIpc) is 2.52. The highest BCUT2D eigenvalue weighted by molar-refractivity contribution is 4.85. The maximum atomic E-state index is 9.89. The lowest BCUT2D eigenvalue weighted by molar-refractivity contribution is 0.189. The molecule has 1 heteroatoms. The number of hydrogen-bond donors (Lipinski definition) is 1. The zero-order valence-electron chi connectivity index (χ0n) is 15.1. The van der Waals surface area contributed by atoms with Gasteiger partial charge in [-0.05, 0) is 64.2 Å². The zero-order chi connectivity index (χ0) is 16.3. The van der Waals surface area contributed by atoms with Crippen LogP contribution in [0.2, 0.25) is 0 Å². The van der Waals surface area contributed by atoms with Gasteiger partial charge in [0.1, 0.15) is 0 Å². The number of aliphatic hydroxyl groups excluding tert-OH is 1. The summed E-state index contributed by atoms with van der Waals surface area (Å²) in [5, 5.41) is 9.89. The Labute approximate surface area is 139 Å². The molecular weight excluding hydrogens is 268 g/mol. The van der Waals surface area contributed by atoms with Crippen LogP contribution in [0.1, 0.15) is 97.3 Å². The van der Waals surface area contributed by atoms with E-state index in [0.717, 1.165) is 38.5 Å². The Morgan fingerprint density at radius 1 is 0.636 bits per heavy atom. The van der Waals surface area contributed by atoms with E-state index in [1.165, 1.54) is 44.9 Å². The summed E-state index contributed by atoms with van der Waals surface area (Å²) < 4.78 is 0. The number of rotatable bonds is 16. The first-order valence-corrected chi connectivity index (χ1v) is 9.62. The molecule has 0 aromatic carbocycles. The molecule has 1 radical (unpaired) electrons. The van der Waals surface area contributed by atoms with Crippen molar-refractivity contribution in [2.75, 3.05) is 0 Å². The van der Waals surface area contributed by atoms with Gasteiger partial charge in [-0.2, -0.15) is 0 Å². The van der Waals surface area contributed by atoms with Gasteiger partial charge in [-0.3, -0.25) is 0 Å². The first-order chi connectivity index (χ1) is 10.8. The highest BCUT2D eigenvalue weighted by atomic mass is 16.3. The molecule has 22 heavy (non-hydrogen) atoms. The van der Waals surface area contributed by atoms with Crippen LogP contribution in [0.3, 0.4) is 0 Å². The molecule has 0 amide bonds. The van der Waals surface area contributed by atoms with Crippen molar-refractivity contribution in [2.45, 2.75) is 103 Å². The normalized spacial score (nSPS) is 13.4. The topological polar surface area (TPSA) is 20.2 Å². The number of aliphatic hydroxyl groups is 1. The Bertz CT molecular complexity index is 255. The second-order valence-corrected chi connectivity index (χ2v) is 6.25. The molecular formula is C21H39O. The van der Waals surface area contributed by atoms with E-state index >= 15 is 0 Å². The minimum atomic E-state index is -0.211. The summed E-state index contributed by atoms with van der Waals surface area (Å²) >= 11 is 0. The van der Waals surface area contributed by atoms with E-state index in [2.05, 4.69) is 44.6 Å². The van der Waals surface area contributed by atoms with Crippen molar-refractivity contribution in [3.05, 3.63) is 30.7 Å². The molecule has 0 bridgehead atoms. The van der Waals surface area contributed by atoms with Gasteiger partial charge in [0.15, 0.2) is 0 Å². The smallest absolute Gasteiger partial charge is 0.0572 e. The first kappa shape index (κ1) is 21.4. The van der Waals surface area contributed by atoms with Crippen LogP contribution in [0.5, 0.6) is 0 Å². The molecule has 1 N–H and O–H groups in total. The van der Waals surface area contributed by atoms with E-state index in [1.807, 2.05) is 0 Å². The molecule has 129 valence electrons. The Morgan fingerprint density at radius 3 is 1.82 bits per heavy atom. The third kappa shape index (κ3) is 17.5. The van der Waals surface area contributed by atoms with Crippen LogP contribution in [-0.4, -0.2) is 11.2 Å². The molecule has 0 aliphatic rings. The number of unbranched alkanes of at least 4 members (excludes halogenated alkanes) is 8. The van der Waals surface area contributed by atoms with Crippen LogP contribution in [0, 0.1) is 6.42 Å².